The van der Waals surface area contributed by atoms with Gasteiger partial charge in [0.05, 0.1) is 14.2 Å². The smallest absolute Gasteiger partial charge is 0.316 e. The Labute approximate surface area is 102 Å². The van der Waals surface area contributed by atoms with Gasteiger partial charge in [-0.15, -0.1) is 0 Å². The van der Waals surface area contributed by atoms with Crippen molar-refractivity contribution in [3.05, 3.63) is 36.1 Å². The molecular weight excluding hydrogens is 220 g/mol. The van der Waals surface area contributed by atoms with Gasteiger partial charge in [-0.05, 0) is 24.6 Å². The average Bonchev–Trinajstić information content (AvgIpc) is 2.36. The monoisotopic (exact) mass is 238 g/mol. The number of esters is 1. The largest absolute Gasteiger partial charge is 0.497 e. The number of hydrogen-bond acceptors (Lipinski definition) is 4. The summed E-state index contributed by atoms with van der Waals surface area (Å²) in [6.45, 7) is 5.70. The van der Waals surface area contributed by atoms with Crippen LogP contribution >= 0.6 is 0 Å². The molecule has 0 amide bonds. The van der Waals surface area contributed by atoms with Crippen molar-refractivity contribution in [3.8, 4) is 0 Å². The third-order valence-corrected chi connectivity index (χ3v) is 2.97. The Kier molecular flexibility index (Phi) is 4.12. The Morgan fingerprint density at radius 1 is 1.41 bits per heavy atom. The van der Waals surface area contributed by atoms with Crippen molar-refractivity contribution in [2.45, 2.75) is 12.5 Å². The van der Waals surface area contributed by atoms with Gasteiger partial charge in [0.15, 0.2) is 0 Å². The highest BCUT2D eigenvalue weighted by Gasteiger charge is 2.44. The van der Waals surface area contributed by atoms with Gasteiger partial charge in [-0.1, -0.05) is 12.7 Å². The van der Waals surface area contributed by atoms with Crippen LogP contribution in [0.4, 0.5) is 0 Å². The summed E-state index contributed by atoms with van der Waals surface area (Å²) in [4.78, 5) is 11.8. The zero-order valence-corrected chi connectivity index (χ0v) is 10.6. The topological polar surface area (TPSA) is 44.8 Å². The van der Waals surface area contributed by atoms with Gasteiger partial charge in [-0.3, -0.25) is 4.79 Å². The van der Waals surface area contributed by atoms with Crippen molar-refractivity contribution < 1.29 is 19.0 Å². The zero-order chi connectivity index (χ0) is 13.1. The molecule has 0 aromatic heterocycles. The van der Waals surface area contributed by atoms with E-state index < -0.39 is 11.5 Å². The quantitative estimate of drug-likeness (QED) is 0.553. The number of hydrogen-bond donors (Lipinski definition) is 0. The Bertz CT molecular complexity index is 381. The van der Waals surface area contributed by atoms with Gasteiger partial charge < -0.3 is 14.2 Å². The van der Waals surface area contributed by atoms with Crippen LogP contribution in [0.3, 0.4) is 0 Å². The first-order chi connectivity index (χ1) is 8.01. The SMILES string of the molecule is C=C(C)C1(OC)C=C(OC)C=CC1C(=O)OC. The summed E-state index contributed by atoms with van der Waals surface area (Å²) in [5.41, 5.74) is -0.193. The lowest BCUT2D eigenvalue weighted by Gasteiger charge is -2.37. The maximum Gasteiger partial charge on any atom is 0.316 e. The summed E-state index contributed by atoms with van der Waals surface area (Å²) in [6, 6.07) is 0. The first kappa shape index (κ1) is 13.5. The maximum atomic E-state index is 11.8. The van der Waals surface area contributed by atoms with Gasteiger partial charge in [0.2, 0.25) is 0 Å². The second-order valence-electron chi connectivity index (χ2n) is 3.89. The fourth-order valence-corrected chi connectivity index (χ4v) is 1.94. The van der Waals surface area contributed by atoms with Crippen molar-refractivity contribution in [1.82, 2.24) is 0 Å². The Balaban J connectivity index is 3.24. The predicted octanol–water partition coefficient (Wildman–Crippen LogP) is 1.84. The van der Waals surface area contributed by atoms with E-state index in [9.17, 15) is 4.79 Å². The summed E-state index contributed by atoms with van der Waals surface area (Å²) < 4.78 is 15.4. The molecule has 0 bridgehead atoms. The molecule has 4 nitrogen and oxygen atoms in total. The second kappa shape index (κ2) is 5.19. The van der Waals surface area contributed by atoms with Crippen LogP contribution in [0.25, 0.3) is 0 Å². The van der Waals surface area contributed by atoms with Crippen LogP contribution in [0.1, 0.15) is 6.92 Å². The summed E-state index contributed by atoms with van der Waals surface area (Å²) in [5, 5.41) is 0. The highest BCUT2D eigenvalue weighted by atomic mass is 16.5. The molecule has 0 aromatic carbocycles. The minimum atomic E-state index is -0.910. The molecule has 2 unspecified atom stereocenters. The molecule has 0 aromatic rings. The van der Waals surface area contributed by atoms with Crippen molar-refractivity contribution in [1.29, 1.82) is 0 Å². The Hall–Kier alpha value is -1.55. The molecule has 0 heterocycles. The zero-order valence-electron chi connectivity index (χ0n) is 10.6. The van der Waals surface area contributed by atoms with Crippen molar-refractivity contribution in [2.24, 2.45) is 5.92 Å². The minimum Gasteiger partial charge on any atom is -0.497 e. The van der Waals surface area contributed by atoms with Crippen LogP contribution < -0.4 is 0 Å². The highest BCUT2D eigenvalue weighted by Crippen LogP contribution is 2.36. The molecule has 0 spiro atoms. The molecular formula is C13H18O4. The van der Waals surface area contributed by atoms with E-state index in [1.54, 1.807) is 25.3 Å². The molecule has 17 heavy (non-hydrogen) atoms. The van der Waals surface area contributed by atoms with E-state index in [1.807, 2.05) is 6.92 Å². The van der Waals surface area contributed by atoms with Crippen LogP contribution in [-0.4, -0.2) is 32.9 Å². The molecule has 2 atom stereocenters. The molecule has 1 aliphatic carbocycles. The Morgan fingerprint density at radius 3 is 2.47 bits per heavy atom. The highest BCUT2D eigenvalue weighted by molar-refractivity contribution is 5.78. The molecule has 1 aliphatic rings. The lowest BCUT2D eigenvalue weighted by Crippen LogP contribution is -2.44. The Morgan fingerprint density at radius 2 is 2.06 bits per heavy atom. The molecule has 94 valence electrons. The van der Waals surface area contributed by atoms with Crippen LogP contribution in [0.2, 0.25) is 0 Å². The number of allylic oxidation sites excluding steroid dienone is 1. The van der Waals surface area contributed by atoms with Gasteiger partial charge in [-0.2, -0.15) is 0 Å². The summed E-state index contributed by atoms with van der Waals surface area (Å²) >= 11 is 0. The standard InChI is InChI=1S/C13H18O4/c1-9(2)13(17-5)8-10(15-3)6-7-11(13)12(14)16-4/h6-8,11H,1H2,2-5H3. The molecule has 0 fully saturated rings. The van der Waals surface area contributed by atoms with Gasteiger partial charge in [0.25, 0.3) is 0 Å². The van der Waals surface area contributed by atoms with E-state index in [0.717, 1.165) is 0 Å². The average molecular weight is 238 g/mol. The van der Waals surface area contributed by atoms with Gasteiger partial charge in [0, 0.05) is 7.11 Å². The summed E-state index contributed by atoms with van der Waals surface area (Å²) in [7, 11) is 4.45. The molecule has 0 radical (unpaired) electrons. The van der Waals surface area contributed by atoms with E-state index >= 15 is 0 Å². The van der Waals surface area contributed by atoms with Gasteiger partial charge >= 0.3 is 5.97 Å². The lowest BCUT2D eigenvalue weighted by atomic mass is 9.78. The summed E-state index contributed by atoms with van der Waals surface area (Å²) in [5.74, 6) is -0.276. The normalized spacial score (nSPS) is 27.3. The third-order valence-electron chi connectivity index (χ3n) is 2.97. The fraction of sp³-hybridized carbons (Fsp3) is 0.462. The molecule has 0 saturated carbocycles. The van der Waals surface area contributed by atoms with Gasteiger partial charge in [0.1, 0.15) is 17.3 Å². The minimum absolute atomic E-state index is 0.363. The lowest BCUT2D eigenvalue weighted by molar-refractivity contribution is -0.150. The number of ether oxygens (including phenoxy) is 3. The van der Waals surface area contributed by atoms with Crippen LogP contribution in [-0.2, 0) is 19.0 Å². The molecule has 1 rings (SSSR count). The second-order valence-corrected chi connectivity index (χ2v) is 3.89. The molecule has 0 N–H and O–H groups in total. The predicted molar refractivity (Wildman–Crippen MR) is 64.3 cm³/mol. The molecule has 4 heteroatoms. The maximum absolute atomic E-state index is 11.8. The first-order valence-corrected chi connectivity index (χ1v) is 5.25. The van der Waals surface area contributed by atoms with E-state index in [0.29, 0.717) is 11.3 Å². The van der Waals surface area contributed by atoms with E-state index in [-0.39, 0.29) is 5.97 Å². The molecule has 0 saturated heterocycles. The first-order valence-electron chi connectivity index (χ1n) is 5.25. The van der Waals surface area contributed by atoms with Crippen molar-refractivity contribution in [3.63, 3.8) is 0 Å². The van der Waals surface area contributed by atoms with Crippen LogP contribution in [0.5, 0.6) is 0 Å². The van der Waals surface area contributed by atoms with E-state index in [1.165, 1.54) is 14.2 Å². The number of rotatable bonds is 4. The summed E-state index contributed by atoms with van der Waals surface area (Å²) in [6.07, 6.45) is 5.18. The van der Waals surface area contributed by atoms with Crippen molar-refractivity contribution in [2.75, 3.05) is 21.3 Å². The number of methoxy groups -OCH3 is 3. The van der Waals surface area contributed by atoms with Crippen LogP contribution in [0.15, 0.2) is 36.1 Å². The number of carbonyl (C=O) groups excluding carboxylic acids is 1. The molecule has 0 aliphatic heterocycles. The fourth-order valence-electron chi connectivity index (χ4n) is 1.94. The van der Waals surface area contributed by atoms with Crippen molar-refractivity contribution >= 4 is 5.97 Å². The van der Waals surface area contributed by atoms with Gasteiger partial charge in [-0.25, -0.2) is 0 Å². The van der Waals surface area contributed by atoms with E-state index in [2.05, 4.69) is 6.58 Å². The van der Waals surface area contributed by atoms with E-state index in [4.69, 9.17) is 14.2 Å². The number of carbonyl (C=O) groups is 1. The van der Waals surface area contributed by atoms with Crippen LogP contribution in [0, 0.1) is 5.92 Å². The third kappa shape index (κ3) is 2.26.